The maximum atomic E-state index is 11.5. The minimum absolute atomic E-state index is 0.309. The first kappa shape index (κ1) is 32.2. The van der Waals surface area contributed by atoms with Crippen molar-refractivity contribution in [3.8, 4) is 0 Å². The number of hydrogen-bond acceptors (Lipinski definition) is 6. The average Bonchev–Trinajstić information content (AvgIpc) is 3.29. The lowest BCUT2D eigenvalue weighted by atomic mass is 9.61. The van der Waals surface area contributed by atoms with Crippen LogP contribution in [0.4, 0.5) is 0 Å². The van der Waals surface area contributed by atoms with Gasteiger partial charge in [-0.15, -0.1) is 0 Å². The Hall–Kier alpha value is -1.77. The smallest absolute Gasteiger partial charge is 0.335 e. The fourth-order valence-electron chi connectivity index (χ4n) is 7.70. The van der Waals surface area contributed by atoms with Gasteiger partial charge in [-0.25, -0.2) is 4.79 Å². The molecule has 0 aromatic rings. The standard InChI is InChI=1S/C34H52O7/c1-19(2)20(3)9-10-22(5)26-15-16-27-23(8-7-17-34(26,27)6)12-13-24-18-25(14-11-21(24)4)40-33-30(37)28(35)29(36)31(41-33)32(38)39/h9-10,12-13,19-20,22,25-31,33,35-37H,4,7-8,11,14-18H2,1-3,5-6H3,(H,38,39)/b10-9+,23-12-,24-13-/t20-,22+,25-,26+,27-,28-,29-,30+,31-,33+,34+/m0/s1. The molecular weight excluding hydrogens is 520 g/mol. The number of carbonyl (C=O) groups is 1. The van der Waals surface area contributed by atoms with Gasteiger partial charge in [0.2, 0.25) is 0 Å². The maximum Gasteiger partial charge on any atom is 0.335 e. The minimum atomic E-state index is -1.73. The molecular formula is C34H52O7. The monoisotopic (exact) mass is 572 g/mol. The summed E-state index contributed by atoms with van der Waals surface area (Å²) >= 11 is 0. The van der Waals surface area contributed by atoms with E-state index in [1.807, 2.05) is 0 Å². The molecule has 0 amide bonds. The fourth-order valence-corrected chi connectivity index (χ4v) is 7.70. The van der Waals surface area contributed by atoms with Crippen LogP contribution < -0.4 is 0 Å². The van der Waals surface area contributed by atoms with Gasteiger partial charge in [0.05, 0.1) is 6.10 Å². The second-order valence-corrected chi connectivity index (χ2v) is 13.7. The van der Waals surface area contributed by atoms with Crippen molar-refractivity contribution in [2.45, 2.75) is 123 Å². The average molecular weight is 573 g/mol. The van der Waals surface area contributed by atoms with Crippen LogP contribution in [0.5, 0.6) is 0 Å². The minimum Gasteiger partial charge on any atom is -0.479 e. The molecule has 1 saturated heterocycles. The summed E-state index contributed by atoms with van der Waals surface area (Å²) < 4.78 is 11.3. The number of fused-ring (bicyclic) bond motifs is 1. The third-order valence-corrected chi connectivity index (χ3v) is 10.8. The van der Waals surface area contributed by atoms with Crippen LogP contribution in [0.25, 0.3) is 0 Å². The molecule has 0 spiro atoms. The molecule has 11 atom stereocenters. The zero-order valence-electron chi connectivity index (χ0n) is 25.5. The third-order valence-electron chi connectivity index (χ3n) is 10.8. The molecule has 3 aliphatic carbocycles. The van der Waals surface area contributed by atoms with Gasteiger partial charge in [0.25, 0.3) is 0 Å². The molecule has 0 bridgehead atoms. The molecule has 1 heterocycles. The summed E-state index contributed by atoms with van der Waals surface area (Å²) in [7, 11) is 0. The second-order valence-electron chi connectivity index (χ2n) is 13.7. The van der Waals surface area contributed by atoms with Crippen molar-refractivity contribution in [1.29, 1.82) is 0 Å². The van der Waals surface area contributed by atoms with E-state index >= 15 is 0 Å². The zero-order chi connectivity index (χ0) is 30.1. The number of aliphatic hydroxyl groups excluding tert-OH is 3. The molecule has 4 N–H and O–H groups in total. The summed E-state index contributed by atoms with van der Waals surface area (Å²) in [4.78, 5) is 11.5. The highest BCUT2D eigenvalue weighted by atomic mass is 16.7. The van der Waals surface area contributed by atoms with Crippen molar-refractivity contribution >= 4 is 5.97 Å². The van der Waals surface area contributed by atoms with Crippen molar-refractivity contribution in [2.24, 2.45) is 35.0 Å². The van der Waals surface area contributed by atoms with E-state index in [0.29, 0.717) is 47.8 Å². The van der Waals surface area contributed by atoms with Crippen molar-refractivity contribution < 1.29 is 34.7 Å². The molecule has 4 rings (SSSR count). The highest BCUT2D eigenvalue weighted by Gasteiger charge is 2.50. The first-order valence-electron chi connectivity index (χ1n) is 15.7. The van der Waals surface area contributed by atoms with E-state index in [1.165, 1.54) is 31.3 Å². The summed E-state index contributed by atoms with van der Waals surface area (Å²) in [5, 5.41) is 39.8. The van der Waals surface area contributed by atoms with Gasteiger partial charge in [-0.05, 0) is 91.9 Å². The maximum absolute atomic E-state index is 11.5. The van der Waals surface area contributed by atoms with Crippen LogP contribution in [0.2, 0.25) is 0 Å². The molecule has 0 aromatic heterocycles. The summed E-state index contributed by atoms with van der Waals surface area (Å²) in [6, 6.07) is 0. The Morgan fingerprint density at radius 2 is 1.76 bits per heavy atom. The van der Waals surface area contributed by atoms with Crippen LogP contribution in [-0.4, -0.2) is 63.2 Å². The number of carboxylic acid groups (broad SMARTS) is 1. The number of allylic oxidation sites excluding steroid dienone is 6. The van der Waals surface area contributed by atoms with Crippen molar-refractivity contribution in [3.63, 3.8) is 0 Å². The van der Waals surface area contributed by atoms with Crippen LogP contribution in [0.1, 0.15) is 86.0 Å². The molecule has 41 heavy (non-hydrogen) atoms. The van der Waals surface area contributed by atoms with E-state index in [9.17, 15) is 25.2 Å². The molecule has 7 heteroatoms. The van der Waals surface area contributed by atoms with Crippen LogP contribution in [0, 0.1) is 35.0 Å². The highest BCUT2D eigenvalue weighted by Crippen LogP contribution is 2.59. The van der Waals surface area contributed by atoms with Crippen LogP contribution in [0.3, 0.4) is 0 Å². The van der Waals surface area contributed by atoms with E-state index in [-0.39, 0.29) is 6.10 Å². The van der Waals surface area contributed by atoms with Gasteiger partial charge < -0.3 is 29.9 Å². The first-order chi connectivity index (χ1) is 19.3. The molecule has 3 saturated carbocycles. The molecule has 0 unspecified atom stereocenters. The Balaban J connectivity index is 1.44. The number of carboxylic acids is 1. The van der Waals surface area contributed by atoms with Gasteiger partial charge in [0.1, 0.15) is 18.3 Å². The van der Waals surface area contributed by atoms with E-state index in [1.54, 1.807) is 0 Å². The predicted octanol–water partition coefficient (Wildman–Crippen LogP) is 5.56. The molecule has 4 aliphatic rings. The lowest BCUT2D eigenvalue weighted by Gasteiger charge is -2.44. The molecule has 4 fully saturated rings. The number of aliphatic carboxylic acids is 1. The van der Waals surface area contributed by atoms with E-state index in [0.717, 1.165) is 24.0 Å². The molecule has 1 aliphatic heterocycles. The van der Waals surface area contributed by atoms with Gasteiger partial charge in [0, 0.05) is 0 Å². The quantitative estimate of drug-likeness (QED) is 0.282. The normalized spacial score (nSPS) is 41.7. The highest BCUT2D eigenvalue weighted by molar-refractivity contribution is 5.73. The van der Waals surface area contributed by atoms with Crippen molar-refractivity contribution in [2.75, 3.05) is 0 Å². The van der Waals surface area contributed by atoms with Gasteiger partial charge in [-0.1, -0.05) is 76.6 Å². The van der Waals surface area contributed by atoms with Crippen molar-refractivity contribution in [3.05, 3.63) is 47.6 Å². The summed E-state index contributed by atoms with van der Waals surface area (Å²) in [6.07, 6.45) is 9.19. The Morgan fingerprint density at radius 1 is 1.02 bits per heavy atom. The summed E-state index contributed by atoms with van der Waals surface area (Å²) in [5.41, 5.74) is 3.99. The summed E-state index contributed by atoms with van der Waals surface area (Å²) in [6.45, 7) is 16.1. The van der Waals surface area contributed by atoms with Crippen LogP contribution in [-0.2, 0) is 14.3 Å². The number of ether oxygens (including phenoxy) is 2. The van der Waals surface area contributed by atoms with Gasteiger partial charge >= 0.3 is 5.97 Å². The van der Waals surface area contributed by atoms with E-state index in [4.69, 9.17) is 9.47 Å². The SMILES string of the molecule is C=C1CC[C@H](O[C@@H]2O[C@H](C(=O)O)[C@@H](O)[C@H](O)[C@H]2O)C/C1=C/C=C1/CCC[C@]2(C)[C@@H]([C@H](C)/C=C/[C@H](C)C(C)C)CC[C@@H]12. The lowest BCUT2D eigenvalue weighted by Crippen LogP contribution is -2.60. The predicted molar refractivity (Wildman–Crippen MR) is 159 cm³/mol. The Bertz CT molecular complexity index is 1040. The van der Waals surface area contributed by atoms with E-state index in [2.05, 4.69) is 65.5 Å². The second kappa shape index (κ2) is 13.3. The Morgan fingerprint density at radius 3 is 2.44 bits per heavy atom. The number of aliphatic hydroxyl groups is 3. The number of rotatable bonds is 8. The largest absolute Gasteiger partial charge is 0.479 e. The number of hydrogen-bond donors (Lipinski definition) is 4. The van der Waals surface area contributed by atoms with Crippen molar-refractivity contribution in [1.82, 2.24) is 0 Å². The molecule has 230 valence electrons. The first-order valence-corrected chi connectivity index (χ1v) is 15.7. The Kier molecular flexibility index (Phi) is 10.4. The third kappa shape index (κ3) is 6.91. The topological polar surface area (TPSA) is 116 Å². The van der Waals surface area contributed by atoms with Gasteiger partial charge in [-0.2, -0.15) is 0 Å². The zero-order valence-corrected chi connectivity index (χ0v) is 25.5. The summed E-state index contributed by atoms with van der Waals surface area (Å²) in [5.74, 6) is 1.68. The van der Waals surface area contributed by atoms with Gasteiger partial charge in [-0.3, -0.25) is 0 Å². The van der Waals surface area contributed by atoms with Crippen LogP contribution in [0.15, 0.2) is 47.6 Å². The van der Waals surface area contributed by atoms with Crippen LogP contribution >= 0.6 is 0 Å². The molecule has 0 radical (unpaired) electrons. The lowest BCUT2D eigenvalue weighted by molar-refractivity contribution is -0.304. The van der Waals surface area contributed by atoms with Gasteiger partial charge in [0.15, 0.2) is 12.4 Å². The Labute approximate surface area is 246 Å². The fraction of sp³-hybridized carbons (Fsp3) is 0.735. The molecule has 0 aromatic carbocycles. The molecule has 7 nitrogen and oxygen atoms in total. The van der Waals surface area contributed by atoms with E-state index < -0.39 is 36.7 Å².